The third-order valence-corrected chi connectivity index (χ3v) is 4.95. The van der Waals surface area contributed by atoms with Crippen LogP contribution < -0.4 is 11.1 Å². The number of aliphatic carboxylic acids is 2. The number of carbonyl (C=O) groups excluding carboxylic acids is 1. The first-order valence-corrected chi connectivity index (χ1v) is 10.5. The average molecular weight is 494 g/mol. The standard InChI is InChI=1S/C19H24N2O4.C4H6O6/c1-12(2-3-13-4-6-14(7-5-13)19(20)25)21-11-18(24)15-8-9-16(22)17(23)10-15;5-1(3(7)8)2(6)4(9)10/h4-10,12,18,21-24H,2-3,11H2,1H3,(H2,20,25);1-2,5-6H,(H,7,8)(H,9,10)/t12-,18-;/m0./s1. The molecule has 12 nitrogen and oxygen atoms in total. The predicted molar refractivity (Wildman–Crippen MR) is 123 cm³/mol. The van der Waals surface area contributed by atoms with Crippen molar-refractivity contribution < 1.29 is 50.1 Å². The number of phenolic OH excluding ortho intramolecular Hbond substituents is 2. The minimum atomic E-state index is -2.27. The molecule has 0 aliphatic heterocycles. The van der Waals surface area contributed by atoms with Gasteiger partial charge in [-0.25, -0.2) is 9.59 Å². The number of aliphatic hydroxyl groups excluding tert-OH is 3. The number of aliphatic hydroxyl groups is 3. The summed E-state index contributed by atoms with van der Waals surface area (Å²) in [7, 11) is 0. The number of carboxylic acid groups (broad SMARTS) is 2. The van der Waals surface area contributed by atoms with Crippen LogP contribution in [0.1, 0.15) is 40.9 Å². The lowest BCUT2D eigenvalue weighted by Gasteiger charge is -2.18. The first kappa shape index (κ1) is 29.3. The molecule has 0 fully saturated rings. The molecule has 2 aromatic carbocycles. The molecule has 12 heteroatoms. The van der Waals surface area contributed by atoms with Gasteiger partial charge >= 0.3 is 11.9 Å². The van der Waals surface area contributed by atoms with Gasteiger partial charge in [-0.05, 0) is 55.2 Å². The fourth-order valence-electron chi connectivity index (χ4n) is 2.77. The number of carbonyl (C=O) groups is 3. The van der Waals surface area contributed by atoms with Crippen LogP contribution in [-0.2, 0) is 16.0 Å². The number of hydrogen-bond donors (Lipinski definition) is 9. The van der Waals surface area contributed by atoms with E-state index in [9.17, 15) is 29.7 Å². The molecule has 4 atom stereocenters. The number of primary amides is 1. The van der Waals surface area contributed by atoms with Crippen LogP contribution in [0.2, 0.25) is 0 Å². The number of amides is 1. The normalized spacial score (nSPS) is 14.1. The van der Waals surface area contributed by atoms with E-state index in [1.165, 1.54) is 12.1 Å². The lowest BCUT2D eigenvalue weighted by Crippen LogP contribution is -2.39. The topological polar surface area (TPSA) is 231 Å². The Kier molecular flexibility index (Phi) is 11.6. The number of hydrogen-bond acceptors (Lipinski definition) is 9. The molecule has 0 aliphatic carbocycles. The highest BCUT2D eigenvalue weighted by atomic mass is 16.4. The van der Waals surface area contributed by atoms with Crippen molar-refractivity contribution in [1.82, 2.24) is 5.32 Å². The van der Waals surface area contributed by atoms with Gasteiger partial charge in [0.1, 0.15) is 0 Å². The molecule has 35 heavy (non-hydrogen) atoms. The lowest BCUT2D eigenvalue weighted by atomic mass is 10.0. The van der Waals surface area contributed by atoms with Gasteiger partial charge in [-0.3, -0.25) is 4.79 Å². The van der Waals surface area contributed by atoms with Crippen LogP contribution in [0.3, 0.4) is 0 Å². The molecule has 0 aromatic heterocycles. The summed E-state index contributed by atoms with van der Waals surface area (Å²) in [4.78, 5) is 30.6. The number of carboxylic acids is 2. The monoisotopic (exact) mass is 494 g/mol. The molecule has 0 aliphatic rings. The van der Waals surface area contributed by atoms with E-state index in [0.717, 1.165) is 18.4 Å². The second-order valence-electron chi connectivity index (χ2n) is 7.74. The van der Waals surface area contributed by atoms with E-state index < -0.39 is 36.2 Å². The minimum Gasteiger partial charge on any atom is -0.504 e. The molecule has 2 aromatic rings. The van der Waals surface area contributed by atoms with Gasteiger partial charge in [-0.1, -0.05) is 18.2 Å². The van der Waals surface area contributed by atoms with E-state index in [2.05, 4.69) is 5.32 Å². The van der Waals surface area contributed by atoms with Gasteiger partial charge < -0.3 is 46.8 Å². The van der Waals surface area contributed by atoms with Crippen molar-refractivity contribution in [3.63, 3.8) is 0 Å². The summed E-state index contributed by atoms with van der Waals surface area (Å²) in [5, 5.41) is 64.7. The van der Waals surface area contributed by atoms with Crippen LogP contribution in [-0.4, -0.2) is 78.4 Å². The van der Waals surface area contributed by atoms with Crippen LogP contribution in [0.4, 0.5) is 0 Å². The van der Waals surface area contributed by atoms with Crippen LogP contribution in [0.5, 0.6) is 11.5 Å². The summed E-state index contributed by atoms with van der Waals surface area (Å²) in [5.41, 5.74) is 7.37. The van der Waals surface area contributed by atoms with Gasteiger partial charge in [0.2, 0.25) is 5.91 Å². The zero-order valence-electron chi connectivity index (χ0n) is 18.9. The quantitative estimate of drug-likeness (QED) is 0.184. The van der Waals surface area contributed by atoms with E-state index in [-0.39, 0.29) is 17.5 Å². The summed E-state index contributed by atoms with van der Waals surface area (Å²) in [6.45, 7) is 2.37. The van der Waals surface area contributed by atoms with Crippen molar-refractivity contribution in [2.24, 2.45) is 5.73 Å². The highest BCUT2D eigenvalue weighted by molar-refractivity contribution is 5.92. The minimum absolute atomic E-state index is 0.177. The van der Waals surface area contributed by atoms with Crippen LogP contribution in [0.15, 0.2) is 42.5 Å². The molecular formula is C23H30N2O10. The zero-order valence-corrected chi connectivity index (χ0v) is 18.9. The van der Waals surface area contributed by atoms with Gasteiger partial charge in [0.25, 0.3) is 0 Å². The van der Waals surface area contributed by atoms with Crippen molar-refractivity contribution in [2.75, 3.05) is 6.54 Å². The van der Waals surface area contributed by atoms with Crippen molar-refractivity contribution in [1.29, 1.82) is 0 Å². The van der Waals surface area contributed by atoms with Crippen LogP contribution in [0, 0.1) is 0 Å². The fourth-order valence-corrected chi connectivity index (χ4v) is 2.77. The van der Waals surface area contributed by atoms with Crippen molar-refractivity contribution in [3.05, 3.63) is 59.2 Å². The summed E-state index contributed by atoms with van der Waals surface area (Å²) in [5.74, 6) is -4.43. The fraction of sp³-hybridized carbons (Fsp3) is 0.348. The number of benzene rings is 2. The molecule has 192 valence electrons. The summed E-state index contributed by atoms with van der Waals surface area (Å²) in [6.07, 6.45) is -3.61. The molecule has 0 bridgehead atoms. The van der Waals surface area contributed by atoms with Crippen molar-refractivity contribution in [3.8, 4) is 11.5 Å². The van der Waals surface area contributed by atoms with E-state index in [1.807, 2.05) is 19.1 Å². The zero-order chi connectivity index (χ0) is 26.7. The smallest absolute Gasteiger partial charge is 0.335 e. The van der Waals surface area contributed by atoms with Crippen molar-refractivity contribution in [2.45, 2.75) is 44.1 Å². The largest absolute Gasteiger partial charge is 0.504 e. The Labute approximate surface area is 200 Å². The van der Waals surface area contributed by atoms with E-state index in [0.29, 0.717) is 17.7 Å². The highest BCUT2D eigenvalue weighted by Crippen LogP contribution is 2.27. The maximum absolute atomic E-state index is 11.0. The first-order valence-electron chi connectivity index (χ1n) is 10.5. The first-order chi connectivity index (χ1) is 16.3. The SMILES string of the molecule is C[C@@H](CCc1ccc(C(N)=O)cc1)NC[C@H](O)c1ccc(O)c(O)c1.O=C(O)C(O)C(O)C(=O)O. The molecule has 0 radical (unpaired) electrons. The predicted octanol–water partition coefficient (Wildman–Crippen LogP) is -0.282. The maximum atomic E-state index is 11.0. The third kappa shape index (κ3) is 9.98. The van der Waals surface area contributed by atoms with E-state index >= 15 is 0 Å². The number of nitrogens with two attached hydrogens (primary N) is 1. The second kappa shape index (κ2) is 13.9. The second-order valence-corrected chi connectivity index (χ2v) is 7.74. The Balaban J connectivity index is 0.000000518. The molecule has 0 spiro atoms. The van der Waals surface area contributed by atoms with Gasteiger partial charge in [-0.2, -0.15) is 0 Å². The van der Waals surface area contributed by atoms with Crippen LogP contribution in [0.25, 0.3) is 0 Å². The summed E-state index contributed by atoms with van der Waals surface area (Å²) < 4.78 is 0. The molecule has 1 amide bonds. The Morgan fingerprint density at radius 2 is 1.43 bits per heavy atom. The number of aromatic hydroxyl groups is 2. The highest BCUT2D eigenvalue weighted by Gasteiger charge is 2.29. The van der Waals surface area contributed by atoms with E-state index in [1.54, 1.807) is 18.2 Å². The number of rotatable bonds is 11. The van der Waals surface area contributed by atoms with Gasteiger partial charge in [0.15, 0.2) is 23.7 Å². The number of phenols is 2. The Bertz CT molecular complexity index is 978. The van der Waals surface area contributed by atoms with Crippen molar-refractivity contribution >= 4 is 17.8 Å². The molecule has 0 heterocycles. The molecular weight excluding hydrogens is 464 g/mol. The van der Waals surface area contributed by atoms with Gasteiger partial charge in [0.05, 0.1) is 6.10 Å². The average Bonchev–Trinajstić information content (AvgIpc) is 2.82. The Hall–Kier alpha value is -3.71. The maximum Gasteiger partial charge on any atom is 0.335 e. The Morgan fingerprint density at radius 1 is 0.886 bits per heavy atom. The van der Waals surface area contributed by atoms with Gasteiger partial charge in [-0.15, -0.1) is 0 Å². The molecule has 2 rings (SSSR count). The lowest BCUT2D eigenvalue weighted by molar-refractivity contribution is -0.165. The number of nitrogens with one attached hydrogen (secondary N) is 1. The van der Waals surface area contributed by atoms with E-state index in [4.69, 9.17) is 26.2 Å². The van der Waals surface area contributed by atoms with Gasteiger partial charge in [0, 0.05) is 18.2 Å². The summed E-state index contributed by atoms with van der Waals surface area (Å²) in [6, 6.07) is 11.7. The molecule has 2 unspecified atom stereocenters. The molecule has 10 N–H and O–H groups in total. The summed E-state index contributed by atoms with van der Waals surface area (Å²) >= 11 is 0. The third-order valence-electron chi connectivity index (χ3n) is 4.95. The molecule has 0 saturated carbocycles. The molecule has 0 saturated heterocycles. The number of aryl methyl sites for hydroxylation is 1. The van der Waals surface area contributed by atoms with Crippen LogP contribution >= 0.6 is 0 Å². The Morgan fingerprint density at radius 3 is 1.89 bits per heavy atom.